The lowest BCUT2D eigenvalue weighted by Gasteiger charge is -2.37. The van der Waals surface area contributed by atoms with E-state index in [1.54, 1.807) is 4.90 Å². The number of hydrogen-bond acceptors (Lipinski definition) is 4. The van der Waals surface area contributed by atoms with Crippen molar-refractivity contribution in [3.05, 3.63) is 0 Å². The monoisotopic (exact) mass is 315 g/mol. The van der Waals surface area contributed by atoms with Gasteiger partial charge in [-0.05, 0) is 19.3 Å². The first-order valence-electron chi connectivity index (χ1n) is 7.50. The van der Waals surface area contributed by atoms with Crippen LogP contribution in [0.5, 0.6) is 0 Å². The molecule has 0 bridgehead atoms. The fourth-order valence-electron chi connectivity index (χ4n) is 3.48. The summed E-state index contributed by atoms with van der Waals surface area (Å²) in [6, 6.07) is 0.186. The Morgan fingerprint density at radius 2 is 1.86 bits per heavy atom. The zero-order valence-corrected chi connectivity index (χ0v) is 12.8. The minimum atomic E-state index is -3.02. The molecule has 0 unspecified atom stereocenters. The highest BCUT2D eigenvalue weighted by atomic mass is 32.2. The fraction of sp³-hybridized carbons (Fsp3) is 0.846. The molecule has 3 aliphatic rings. The van der Waals surface area contributed by atoms with Crippen LogP contribution >= 0.6 is 0 Å². The van der Waals surface area contributed by atoms with Crippen LogP contribution in [0, 0.1) is 5.92 Å². The van der Waals surface area contributed by atoms with E-state index < -0.39 is 9.84 Å². The molecule has 3 aliphatic heterocycles. The molecule has 8 heteroatoms. The van der Waals surface area contributed by atoms with Gasteiger partial charge in [-0.15, -0.1) is 0 Å². The topological polar surface area (TPSA) is 86.8 Å². The number of hydrogen-bond donors (Lipinski definition) is 1. The van der Waals surface area contributed by atoms with Crippen LogP contribution in [0.3, 0.4) is 0 Å². The highest BCUT2D eigenvalue weighted by molar-refractivity contribution is 7.91. The smallest absolute Gasteiger partial charge is 0.317 e. The number of piperidine rings is 1. The Hall–Kier alpha value is -1.31. The van der Waals surface area contributed by atoms with Gasteiger partial charge in [0.15, 0.2) is 9.84 Å². The second kappa shape index (κ2) is 5.47. The summed E-state index contributed by atoms with van der Waals surface area (Å²) in [6.07, 6.45) is 2.01. The third kappa shape index (κ3) is 3.00. The van der Waals surface area contributed by atoms with Crippen LogP contribution in [0.4, 0.5) is 4.79 Å². The van der Waals surface area contributed by atoms with Gasteiger partial charge < -0.3 is 15.1 Å². The summed E-state index contributed by atoms with van der Waals surface area (Å²) in [6.45, 7) is 2.66. The number of sulfone groups is 1. The average molecular weight is 315 g/mol. The zero-order valence-electron chi connectivity index (χ0n) is 12.0. The third-order valence-electron chi connectivity index (χ3n) is 4.69. The Labute approximate surface area is 124 Å². The van der Waals surface area contributed by atoms with E-state index in [2.05, 4.69) is 5.32 Å². The summed E-state index contributed by atoms with van der Waals surface area (Å²) in [5.41, 5.74) is 0. The van der Waals surface area contributed by atoms with Gasteiger partial charge in [-0.3, -0.25) is 4.79 Å². The molecule has 1 N–H and O–H groups in total. The second-order valence-corrected chi connectivity index (χ2v) is 8.31. The maximum Gasteiger partial charge on any atom is 0.317 e. The Bertz CT molecular complexity index is 540. The summed E-state index contributed by atoms with van der Waals surface area (Å²) < 4.78 is 22.9. The SMILES string of the molecule is O=C([C@H]1CCS(=O)(=O)C1)N1CCC(N2CCNC2=O)CC1. The van der Waals surface area contributed by atoms with Crippen LogP contribution in [0.2, 0.25) is 0 Å². The van der Waals surface area contributed by atoms with Crippen molar-refractivity contribution in [3.8, 4) is 0 Å². The molecule has 0 aromatic rings. The Kier molecular flexibility index (Phi) is 3.81. The molecule has 0 saturated carbocycles. The molecular formula is C13H21N3O4S. The van der Waals surface area contributed by atoms with E-state index >= 15 is 0 Å². The standard InChI is InChI=1S/C13H21N3O4S/c17-12(10-3-8-21(19,20)9-10)15-5-1-11(2-6-15)16-7-4-14-13(16)18/h10-11H,1-9H2,(H,14,18)/t10-/m0/s1. The van der Waals surface area contributed by atoms with E-state index in [-0.39, 0.29) is 35.4 Å². The van der Waals surface area contributed by atoms with Crippen molar-refractivity contribution in [2.45, 2.75) is 25.3 Å². The minimum absolute atomic E-state index is 0.000291. The first-order valence-corrected chi connectivity index (χ1v) is 9.32. The molecule has 7 nitrogen and oxygen atoms in total. The highest BCUT2D eigenvalue weighted by Gasteiger charge is 2.37. The van der Waals surface area contributed by atoms with Gasteiger partial charge in [0.25, 0.3) is 0 Å². The molecule has 3 rings (SSSR count). The molecule has 1 atom stereocenters. The molecule has 3 fully saturated rings. The first-order chi connectivity index (χ1) is 9.96. The van der Waals surface area contributed by atoms with Gasteiger partial charge in [0.1, 0.15) is 0 Å². The summed E-state index contributed by atoms with van der Waals surface area (Å²) in [5, 5.41) is 2.79. The molecule has 0 radical (unpaired) electrons. The predicted octanol–water partition coefficient (Wildman–Crippen LogP) is -0.563. The molecule has 3 amide bonds. The van der Waals surface area contributed by atoms with Crippen molar-refractivity contribution in [3.63, 3.8) is 0 Å². The molecule has 0 aliphatic carbocycles. The van der Waals surface area contributed by atoms with E-state index in [0.717, 1.165) is 19.4 Å². The molecular weight excluding hydrogens is 294 g/mol. The first kappa shape index (κ1) is 14.6. The van der Waals surface area contributed by atoms with Crippen LogP contribution in [0.15, 0.2) is 0 Å². The van der Waals surface area contributed by atoms with Crippen molar-refractivity contribution >= 4 is 21.8 Å². The van der Waals surface area contributed by atoms with Crippen molar-refractivity contribution in [1.29, 1.82) is 0 Å². The maximum absolute atomic E-state index is 12.3. The number of rotatable bonds is 2. The van der Waals surface area contributed by atoms with Crippen molar-refractivity contribution in [1.82, 2.24) is 15.1 Å². The normalized spacial score (nSPS) is 29.7. The summed E-state index contributed by atoms with van der Waals surface area (Å²) in [7, 11) is -3.02. The van der Waals surface area contributed by atoms with Crippen LogP contribution in [-0.2, 0) is 14.6 Å². The minimum Gasteiger partial charge on any atom is -0.342 e. The van der Waals surface area contributed by atoms with Crippen molar-refractivity contribution < 1.29 is 18.0 Å². The third-order valence-corrected chi connectivity index (χ3v) is 6.46. The quantitative estimate of drug-likeness (QED) is 0.740. The number of likely N-dealkylation sites (tertiary alicyclic amines) is 1. The van der Waals surface area contributed by atoms with Gasteiger partial charge >= 0.3 is 6.03 Å². The Morgan fingerprint density at radius 1 is 1.14 bits per heavy atom. The van der Waals surface area contributed by atoms with Crippen LogP contribution in [0.1, 0.15) is 19.3 Å². The lowest BCUT2D eigenvalue weighted by Crippen LogP contribution is -2.49. The van der Waals surface area contributed by atoms with Crippen molar-refractivity contribution in [2.24, 2.45) is 5.92 Å². The number of nitrogens with zero attached hydrogens (tertiary/aromatic N) is 2. The van der Waals surface area contributed by atoms with Crippen LogP contribution < -0.4 is 5.32 Å². The summed E-state index contributed by atoms with van der Waals surface area (Å²) in [5.74, 6) is -0.254. The highest BCUT2D eigenvalue weighted by Crippen LogP contribution is 2.24. The summed E-state index contributed by atoms with van der Waals surface area (Å²) in [4.78, 5) is 27.6. The fourth-order valence-corrected chi connectivity index (χ4v) is 5.21. The lowest BCUT2D eigenvalue weighted by atomic mass is 10.0. The van der Waals surface area contributed by atoms with Gasteiger partial charge in [0, 0.05) is 32.2 Å². The number of nitrogens with one attached hydrogen (secondary N) is 1. The van der Waals surface area contributed by atoms with Crippen LogP contribution in [0.25, 0.3) is 0 Å². The molecule has 0 spiro atoms. The molecule has 21 heavy (non-hydrogen) atoms. The predicted molar refractivity (Wildman–Crippen MR) is 76.5 cm³/mol. The molecule has 118 valence electrons. The summed E-state index contributed by atoms with van der Waals surface area (Å²) >= 11 is 0. The van der Waals surface area contributed by atoms with E-state index in [1.807, 2.05) is 4.90 Å². The number of urea groups is 1. The van der Waals surface area contributed by atoms with Crippen LogP contribution in [-0.4, -0.2) is 73.9 Å². The second-order valence-electron chi connectivity index (χ2n) is 6.08. The number of carbonyl (C=O) groups is 2. The van der Waals surface area contributed by atoms with Gasteiger partial charge in [-0.1, -0.05) is 0 Å². The molecule has 0 aromatic heterocycles. The average Bonchev–Trinajstić information content (AvgIpc) is 3.04. The Balaban J connectivity index is 1.54. The van der Waals surface area contributed by atoms with E-state index in [0.29, 0.717) is 26.1 Å². The Morgan fingerprint density at radius 3 is 2.38 bits per heavy atom. The van der Waals surface area contributed by atoms with E-state index in [1.165, 1.54) is 0 Å². The number of amides is 3. The molecule has 0 aromatic carbocycles. The molecule has 3 heterocycles. The number of carbonyl (C=O) groups excluding carboxylic acids is 2. The van der Waals surface area contributed by atoms with E-state index in [9.17, 15) is 18.0 Å². The zero-order chi connectivity index (χ0) is 15.0. The van der Waals surface area contributed by atoms with Gasteiger partial charge in [-0.25, -0.2) is 13.2 Å². The van der Waals surface area contributed by atoms with Crippen molar-refractivity contribution in [2.75, 3.05) is 37.7 Å². The largest absolute Gasteiger partial charge is 0.342 e. The maximum atomic E-state index is 12.3. The van der Waals surface area contributed by atoms with Gasteiger partial charge in [0.2, 0.25) is 5.91 Å². The molecule has 3 saturated heterocycles. The van der Waals surface area contributed by atoms with Gasteiger partial charge in [0.05, 0.1) is 17.4 Å². The van der Waals surface area contributed by atoms with Gasteiger partial charge in [-0.2, -0.15) is 0 Å². The van der Waals surface area contributed by atoms with E-state index in [4.69, 9.17) is 0 Å². The lowest BCUT2D eigenvalue weighted by molar-refractivity contribution is -0.136.